The number of carbonyl (C=O) groups is 2. The molecule has 0 radical (unpaired) electrons. The predicted molar refractivity (Wildman–Crippen MR) is 58.7 cm³/mol. The number of esters is 2. The Kier molecular flexibility index (Phi) is 3.94. The second-order valence-corrected chi connectivity index (χ2v) is 5.33. The van der Waals surface area contributed by atoms with E-state index in [1.807, 2.05) is 13.8 Å². The van der Waals surface area contributed by atoms with Crippen molar-refractivity contribution in [3.05, 3.63) is 0 Å². The van der Waals surface area contributed by atoms with Crippen LogP contribution in [0.15, 0.2) is 0 Å². The van der Waals surface area contributed by atoms with E-state index in [0.29, 0.717) is 18.9 Å². The van der Waals surface area contributed by atoms with E-state index in [1.165, 1.54) is 0 Å². The fourth-order valence-electron chi connectivity index (χ4n) is 1.98. The summed E-state index contributed by atoms with van der Waals surface area (Å²) in [6, 6.07) is 0. The molecule has 0 aromatic carbocycles. The predicted octanol–water partition coefficient (Wildman–Crippen LogP) is 1.92. The topological polar surface area (TPSA) is 52.6 Å². The molecule has 1 unspecified atom stereocenters. The summed E-state index contributed by atoms with van der Waals surface area (Å²) in [7, 11) is 0. The van der Waals surface area contributed by atoms with Crippen LogP contribution in [0.4, 0.5) is 0 Å². The molecule has 1 heterocycles. The van der Waals surface area contributed by atoms with E-state index in [9.17, 15) is 9.59 Å². The Morgan fingerprint density at radius 1 is 1.56 bits per heavy atom. The first-order valence-corrected chi connectivity index (χ1v) is 5.70. The standard InChI is InChI=1S/C12H20O4/c1-8(2)7-12(3,4)11(14)16-9-5-6-15-10(9)13/h8-9H,5-7H2,1-4H3. The van der Waals surface area contributed by atoms with Crippen LogP contribution in [0.5, 0.6) is 0 Å². The first-order chi connectivity index (χ1) is 7.33. The van der Waals surface area contributed by atoms with Crippen molar-refractivity contribution in [3.8, 4) is 0 Å². The number of rotatable bonds is 4. The highest BCUT2D eigenvalue weighted by molar-refractivity contribution is 5.82. The molecule has 4 nitrogen and oxygen atoms in total. The summed E-state index contributed by atoms with van der Waals surface area (Å²) < 4.78 is 9.92. The molecule has 0 amide bonds. The van der Waals surface area contributed by atoms with E-state index < -0.39 is 17.5 Å². The van der Waals surface area contributed by atoms with Crippen molar-refractivity contribution in [2.24, 2.45) is 11.3 Å². The van der Waals surface area contributed by atoms with Crippen LogP contribution in [0.3, 0.4) is 0 Å². The minimum absolute atomic E-state index is 0.315. The number of cyclic esters (lactones) is 1. The lowest BCUT2D eigenvalue weighted by Crippen LogP contribution is -2.33. The van der Waals surface area contributed by atoms with Crippen LogP contribution >= 0.6 is 0 Å². The third-order valence-corrected chi connectivity index (χ3v) is 2.61. The third-order valence-electron chi connectivity index (χ3n) is 2.61. The van der Waals surface area contributed by atoms with Crippen LogP contribution in [-0.2, 0) is 19.1 Å². The van der Waals surface area contributed by atoms with E-state index in [0.717, 1.165) is 6.42 Å². The zero-order chi connectivity index (χ0) is 12.3. The van der Waals surface area contributed by atoms with Crippen LogP contribution in [0.2, 0.25) is 0 Å². The highest BCUT2D eigenvalue weighted by Crippen LogP contribution is 2.28. The molecule has 0 saturated carbocycles. The highest BCUT2D eigenvalue weighted by atomic mass is 16.6. The fraction of sp³-hybridized carbons (Fsp3) is 0.833. The maximum Gasteiger partial charge on any atom is 0.347 e. The van der Waals surface area contributed by atoms with Crippen LogP contribution in [0.25, 0.3) is 0 Å². The third kappa shape index (κ3) is 3.22. The Morgan fingerprint density at radius 2 is 2.19 bits per heavy atom. The average molecular weight is 228 g/mol. The minimum atomic E-state index is -0.695. The Hall–Kier alpha value is -1.06. The van der Waals surface area contributed by atoms with Crippen LogP contribution in [0, 0.1) is 11.3 Å². The molecule has 1 atom stereocenters. The van der Waals surface area contributed by atoms with Gasteiger partial charge in [0.25, 0.3) is 0 Å². The normalized spacial score (nSPS) is 21.1. The van der Waals surface area contributed by atoms with Gasteiger partial charge in [-0.3, -0.25) is 4.79 Å². The number of hydrogen-bond acceptors (Lipinski definition) is 4. The first kappa shape index (κ1) is 13.0. The smallest absolute Gasteiger partial charge is 0.347 e. The molecule has 0 aromatic heterocycles. The average Bonchev–Trinajstić information content (AvgIpc) is 2.49. The Morgan fingerprint density at radius 3 is 2.62 bits per heavy atom. The summed E-state index contributed by atoms with van der Waals surface area (Å²) in [5.41, 5.74) is -0.545. The van der Waals surface area contributed by atoms with Crippen molar-refractivity contribution in [3.63, 3.8) is 0 Å². The molecular formula is C12H20O4. The number of hydrogen-bond donors (Lipinski definition) is 0. The summed E-state index contributed by atoms with van der Waals surface area (Å²) >= 11 is 0. The molecule has 0 bridgehead atoms. The van der Waals surface area contributed by atoms with Crippen LogP contribution in [0.1, 0.15) is 40.5 Å². The summed E-state index contributed by atoms with van der Waals surface area (Å²) in [5.74, 6) is -0.322. The van der Waals surface area contributed by atoms with Gasteiger partial charge in [-0.1, -0.05) is 13.8 Å². The van der Waals surface area contributed by atoms with Gasteiger partial charge >= 0.3 is 11.9 Å². The fourth-order valence-corrected chi connectivity index (χ4v) is 1.98. The van der Waals surface area contributed by atoms with Crippen molar-refractivity contribution >= 4 is 11.9 Å². The molecule has 92 valence electrons. The SMILES string of the molecule is CC(C)CC(C)(C)C(=O)OC1CCOC1=O. The largest absolute Gasteiger partial charge is 0.463 e. The molecular weight excluding hydrogens is 208 g/mol. The zero-order valence-electron chi connectivity index (χ0n) is 10.4. The van der Waals surface area contributed by atoms with Crippen molar-refractivity contribution in [1.82, 2.24) is 0 Å². The maximum absolute atomic E-state index is 11.9. The number of ether oxygens (including phenoxy) is 2. The van der Waals surface area contributed by atoms with Gasteiger partial charge in [0.2, 0.25) is 6.10 Å². The van der Waals surface area contributed by atoms with E-state index >= 15 is 0 Å². The summed E-state index contributed by atoms with van der Waals surface area (Å²) in [6.45, 7) is 8.14. The first-order valence-electron chi connectivity index (χ1n) is 5.70. The molecule has 0 N–H and O–H groups in total. The van der Waals surface area contributed by atoms with E-state index in [-0.39, 0.29) is 5.97 Å². The second-order valence-electron chi connectivity index (χ2n) is 5.33. The van der Waals surface area contributed by atoms with Crippen molar-refractivity contribution in [2.75, 3.05) is 6.61 Å². The molecule has 1 aliphatic rings. The highest BCUT2D eigenvalue weighted by Gasteiger charge is 2.36. The van der Waals surface area contributed by atoms with Gasteiger partial charge < -0.3 is 9.47 Å². The van der Waals surface area contributed by atoms with Gasteiger partial charge in [-0.25, -0.2) is 4.79 Å². The quantitative estimate of drug-likeness (QED) is 0.690. The van der Waals surface area contributed by atoms with Crippen molar-refractivity contribution < 1.29 is 19.1 Å². The molecule has 1 fully saturated rings. The maximum atomic E-state index is 11.9. The van der Waals surface area contributed by atoms with Crippen molar-refractivity contribution in [2.45, 2.75) is 46.6 Å². The molecule has 0 aromatic rings. The molecule has 1 rings (SSSR count). The van der Waals surface area contributed by atoms with Gasteiger partial charge in [-0.15, -0.1) is 0 Å². The van der Waals surface area contributed by atoms with Crippen LogP contribution in [-0.4, -0.2) is 24.6 Å². The Labute approximate surface area is 96.3 Å². The molecule has 0 spiro atoms. The van der Waals surface area contributed by atoms with Gasteiger partial charge in [0.05, 0.1) is 12.0 Å². The summed E-state index contributed by atoms with van der Waals surface area (Å²) in [5, 5.41) is 0. The number of carbonyl (C=O) groups excluding carboxylic acids is 2. The molecule has 1 saturated heterocycles. The van der Waals surface area contributed by atoms with Gasteiger partial charge in [0.1, 0.15) is 0 Å². The van der Waals surface area contributed by atoms with E-state index in [2.05, 4.69) is 13.8 Å². The lowest BCUT2D eigenvalue weighted by atomic mass is 9.84. The lowest BCUT2D eigenvalue weighted by molar-refractivity contribution is -0.167. The summed E-state index contributed by atoms with van der Waals surface area (Å²) in [6.07, 6.45) is 0.523. The molecule has 16 heavy (non-hydrogen) atoms. The van der Waals surface area contributed by atoms with Gasteiger partial charge in [0, 0.05) is 6.42 Å². The Bertz CT molecular complexity index is 281. The summed E-state index contributed by atoms with van der Waals surface area (Å²) in [4.78, 5) is 23.0. The minimum Gasteiger partial charge on any atom is -0.463 e. The zero-order valence-corrected chi connectivity index (χ0v) is 10.4. The monoisotopic (exact) mass is 228 g/mol. The molecule has 0 aliphatic carbocycles. The second kappa shape index (κ2) is 4.85. The molecule has 1 aliphatic heterocycles. The Balaban J connectivity index is 2.53. The van der Waals surface area contributed by atoms with Crippen LogP contribution < -0.4 is 0 Å². The van der Waals surface area contributed by atoms with Crippen molar-refractivity contribution in [1.29, 1.82) is 0 Å². The van der Waals surface area contributed by atoms with Gasteiger partial charge in [0.15, 0.2) is 0 Å². The van der Waals surface area contributed by atoms with E-state index in [4.69, 9.17) is 9.47 Å². The van der Waals surface area contributed by atoms with E-state index in [1.54, 1.807) is 0 Å². The van der Waals surface area contributed by atoms with Gasteiger partial charge in [-0.05, 0) is 26.2 Å². The van der Waals surface area contributed by atoms with Gasteiger partial charge in [-0.2, -0.15) is 0 Å². The molecule has 4 heteroatoms. The lowest BCUT2D eigenvalue weighted by Gasteiger charge is -2.25.